The van der Waals surface area contributed by atoms with E-state index in [0.717, 1.165) is 0 Å². The lowest BCUT2D eigenvalue weighted by atomic mass is 10.2. The smallest absolute Gasteiger partial charge is 0.384 e. The van der Waals surface area contributed by atoms with Crippen LogP contribution in [0.2, 0.25) is 5.02 Å². The van der Waals surface area contributed by atoms with Crippen LogP contribution in [0.5, 0.6) is 0 Å². The Balaban J connectivity index is 2.91. The van der Waals surface area contributed by atoms with E-state index in [-0.39, 0.29) is 0 Å². The topological polar surface area (TPSA) is 38.7 Å². The van der Waals surface area contributed by atoms with E-state index in [9.17, 15) is 4.79 Å². The molecule has 0 aliphatic carbocycles. The highest BCUT2D eigenvalue weighted by Crippen LogP contribution is 2.24. The molecule has 0 heterocycles. The van der Waals surface area contributed by atoms with E-state index in [1.54, 1.807) is 25.1 Å². The monoisotopic (exact) mass is 265 g/mol. The molecule has 0 amide bonds. The number of aliphatic imine (C=N–C) groups is 1. The number of carbonyl (C=O) groups is 1. The van der Waals surface area contributed by atoms with Crippen LogP contribution in [0.3, 0.4) is 0 Å². The summed E-state index contributed by atoms with van der Waals surface area (Å²) in [4.78, 5) is 14.8. The molecule has 0 aromatic heterocycles. The number of nitrogens with zero attached hydrogens (tertiary/aromatic N) is 1. The summed E-state index contributed by atoms with van der Waals surface area (Å²) >= 11 is 10.4. The maximum Gasteiger partial charge on any atom is 0.384 e. The van der Waals surface area contributed by atoms with E-state index >= 15 is 0 Å². The molecule has 0 saturated carbocycles. The second kappa shape index (κ2) is 6.82. The largest absolute Gasteiger partial charge is 0.456 e. The van der Waals surface area contributed by atoms with E-state index in [4.69, 9.17) is 11.6 Å². The number of esters is 1. The first-order valence-electron chi connectivity index (χ1n) is 4.73. The zero-order valence-corrected chi connectivity index (χ0v) is 10.6. The molecule has 86 valence electrons. The summed E-state index contributed by atoms with van der Waals surface area (Å²) in [6.45, 7) is 2.02. The van der Waals surface area contributed by atoms with E-state index in [1.807, 2.05) is 0 Å². The maximum atomic E-state index is 11.0. The molecule has 0 fully saturated rings. The van der Waals surface area contributed by atoms with Crippen LogP contribution < -0.4 is 0 Å². The Morgan fingerprint density at radius 1 is 1.59 bits per heavy atom. The lowest BCUT2D eigenvalue weighted by Gasteiger charge is -1.96. The fourth-order valence-electron chi connectivity index (χ4n) is 1.01. The van der Waals surface area contributed by atoms with Crippen molar-refractivity contribution in [2.45, 2.75) is 6.92 Å². The Bertz CT molecular complexity index is 539. The number of halogens is 1. The summed E-state index contributed by atoms with van der Waals surface area (Å²) in [7, 11) is 0. The minimum absolute atomic E-state index is 0.302. The number of isothiocyanates is 1. The van der Waals surface area contributed by atoms with Gasteiger partial charge in [-0.3, -0.25) is 0 Å². The van der Waals surface area contributed by atoms with E-state index in [0.29, 0.717) is 22.9 Å². The van der Waals surface area contributed by atoms with Crippen molar-refractivity contribution in [1.29, 1.82) is 0 Å². The van der Waals surface area contributed by atoms with Crippen LogP contribution in [-0.4, -0.2) is 17.7 Å². The first-order valence-corrected chi connectivity index (χ1v) is 5.52. The van der Waals surface area contributed by atoms with Crippen molar-refractivity contribution < 1.29 is 9.53 Å². The first-order chi connectivity index (χ1) is 8.17. The van der Waals surface area contributed by atoms with Gasteiger partial charge in [-0.1, -0.05) is 17.5 Å². The van der Waals surface area contributed by atoms with Crippen LogP contribution >= 0.6 is 23.8 Å². The number of benzene rings is 1. The lowest BCUT2D eigenvalue weighted by Crippen LogP contribution is -1.99. The molecule has 17 heavy (non-hydrogen) atoms. The van der Waals surface area contributed by atoms with Gasteiger partial charge in [-0.15, -0.1) is 0 Å². The minimum Gasteiger partial charge on any atom is -0.456 e. The first kappa shape index (κ1) is 13.4. The van der Waals surface area contributed by atoms with Crippen LogP contribution in [0.1, 0.15) is 12.5 Å². The normalized spacial score (nSPS) is 8.59. The summed E-state index contributed by atoms with van der Waals surface area (Å²) in [5, 5.41) is 2.63. The molecule has 5 heteroatoms. The number of ether oxygens (including phenoxy) is 1. The van der Waals surface area contributed by atoms with Crippen LogP contribution in [0, 0.1) is 11.8 Å². The number of hydrogen-bond donors (Lipinski definition) is 0. The number of rotatable bonds is 2. The fraction of sp³-hybridized carbons (Fsp3) is 0.167. The van der Waals surface area contributed by atoms with Gasteiger partial charge in [0, 0.05) is 11.5 Å². The molecular weight excluding hydrogens is 258 g/mol. The summed E-state index contributed by atoms with van der Waals surface area (Å²) in [6, 6.07) is 4.93. The molecule has 0 unspecified atom stereocenters. The second-order valence-corrected chi connectivity index (χ2v) is 3.43. The highest BCUT2D eigenvalue weighted by Gasteiger charge is 1.99. The van der Waals surface area contributed by atoms with Crippen molar-refractivity contribution >= 4 is 40.6 Å². The molecule has 0 saturated heterocycles. The van der Waals surface area contributed by atoms with Gasteiger partial charge >= 0.3 is 5.97 Å². The third-order valence-electron chi connectivity index (χ3n) is 1.70. The molecule has 3 nitrogen and oxygen atoms in total. The summed E-state index contributed by atoms with van der Waals surface area (Å²) in [5.41, 5.74) is 1.12. The number of carbonyl (C=O) groups excluding carboxylic acids is 1. The van der Waals surface area contributed by atoms with Crippen molar-refractivity contribution in [3.05, 3.63) is 28.8 Å². The van der Waals surface area contributed by atoms with Crippen molar-refractivity contribution in [3.8, 4) is 11.8 Å². The second-order valence-electron chi connectivity index (χ2n) is 2.84. The van der Waals surface area contributed by atoms with Crippen LogP contribution in [0.4, 0.5) is 5.69 Å². The predicted molar refractivity (Wildman–Crippen MR) is 69.6 cm³/mol. The molecular formula is C12H8ClNO2S. The zero-order valence-electron chi connectivity index (χ0n) is 8.99. The number of thiocarbonyl (C=S) groups is 1. The molecule has 0 bridgehead atoms. The third kappa shape index (κ3) is 4.38. The minimum atomic E-state index is -0.565. The van der Waals surface area contributed by atoms with Gasteiger partial charge < -0.3 is 4.74 Å². The standard InChI is InChI=1S/C12H8ClNO2S/c1-2-16-12(15)6-4-9-3-5-11(14-8-17)10(13)7-9/h3,5,7H,2H2,1H3. The molecule has 0 spiro atoms. The Kier molecular flexibility index (Phi) is 5.38. The van der Waals surface area contributed by atoms with Gasteiger partial charge in [-0.25, -0.2) is 4.79 Å². The zero-order chi connectivity index (χ0) is 12.7. The highest BCUT2D eigenvalue weighted by atomic mass is 35.5. The molecule has 0 radical (unpaired) electrons. The Morgan fingerprint density at radius 2 is 2.35 bits per heavy atom. The molecule has 0 aliphatic rings. The fourth-order valence-corrected chi connectivity index (χ4v) is 1.34. The van der Waals surface area contributed by atoms with Gasteiger partial charge in [-0.05, 0) is 37.3 Å². The van der Waals surface area contributed by atoms with Gasteiger partial charge in [0.05, 0.1) is 22.5 Å². The Morgan fingerprint density at radius 3 is 2.94 bits per heavy atom. The van der Waals surface area contributed by atoms with Crippen molar-refractivity contribution in [2.75, 3.05) is 6.61 Å². The summed E-state index contributed by atoms with van der Waals surface area (Å²) < 4.78 is 4.67. The van der Waals surface area contributed by atoms with Gasteiger partial charge in [0.2, 0.25) is 0 Å². The molecule has 0 N–H and O–H groups in total. The van der Waals surface area contributed by atoms with Crippen molar-refractivity contribution in [1.82, 2.24) is 0 Å². The molecule has 0 aliphatic heterocycles. The quantitative estimate of drug-likeness (QED) is 0.357. The molecule has 1 aromatic carbocycles. The van der Waals surface area contributed by atoms with Gasteiger partial charge in [0.15, 0.2) is 0 Å². The summed E-state index contributed by atoms with van der Waals surface area (Å²) in [5.74, 6) is 4.42. The molecule has 1 aromatic rings. The average molecular weight is 266 g/mol. The Hall–Kier alpha value is -1.66. The van der Waals surface area contributed by atoms with Gasteiger partial charge in [0.1, 0.15) is 0 Å². The lowest BCUT2D eigenvalue weighted by molar-refractivity contribution is -0.136. The van der Waals surface area contributed by atoms with Crippen molar-refractivity contribution in [3.63, 3.8) is 0 Å². The van der Waals surface area contributed by atoms with Crippen LogP contribution in [0.15, 0.2) is 23.2 Å². The van der Waals surface area contributed by atoms with E-state index in [1.165, 1.54) is 0 Å². The van der Waals surface area contributed by atoms with Crippen molar-refractivity contribution in [2.24, 2.45) is 4.99 Å². The molecule has 1 rings (SSSR count). The van der Waals surface area contributed by atoms with Crippen LogP contribution in [0.25, 0.3) is 0 Å². The average Bonchev–Trinajstić information content (AvgIpc) is 2.30. The SMILES string of the molecule is CCOC(=O)C#Cc1ccc(N=C=S)c(Cl)c1. The molecule has 0 atom stereocenters. The van der Waals surface area contributed by atoms with E-state index in [2.05, 4.69) is 38.9 Å². The van der Waals surface area contributed by atoms with E-state index < -0.39 is 5.97 Å². The van der Waals surface area contributed by atoms with Crippen LogP contribution in [-0.2, 0) is 9.53 Å². The number of hydrogen-bond acceptors (Lipinski definition) is 4. The highest BCUT2D eigenvalue weighted by molar-refractivity contribution is 7.78. The van der Waals surface area contributed by atoms with Gasteiger partial charge in [-0.2, -0.15) is 4.99 Å². The predicted octanol–water partition coefficient (Wildman–Crippen LogP) is 2.99. The summed E-state index contributed by atoms with van der Waals surface area (Å²) in [6.07, 6.45) is 0. The van der Waals surface area contributed by atoms with Gasteiger partial charge in [0.25, 0.3) is 0 Å². The third-order valence-corrected chi connectivity index (χ3v) is 2.09. The maximum absolute atomic E-state index is 11.0. The Labute approximate surface area is 109 Å².